The summed E-state index contributed by atoms with van der Waals surface area (Å²) in [5.41, 5.74) is 3.40. The maximum absolute atomic E-state index is 12.8. The minimum absolute atomic E-state index is 0.0873. The number of guanidine groups is 1. The Labute approximate surface area is 176 Å². The summed E-state index contributed by atoms with van der Waals surface area (Å²) in [4.78, 5) is 28.4. The Morgan fingerprint density at radius 3 is 2.63 bits per heavy atom. The second kappa shape index (κ2) is 10.5. The molecule has 1 aliphatic heterocycles. The highest BCUT2D eigenvalue weighted by Crippen LogP contribution is 2.13. The summed E-state index contributed by atoms with van der Waals surface area (Å²) in [6.07, 6.45) is 2.10. The molecule has 0 saturated carbocycles. The van der Waals surface area contributed by atoms with Gasteiger partial charge in [0, 0.05) is 31.3 Å². The number of amides is 2. The van der Waals surface area contributed by atoms with Gasteiger partial charge >= 0.3 is 0 Å². The number of aliphatic imine (C=N–C) groups is 1. The van der Waals surface area contributed by atoms with Crippen LogP contribution in [0.4, 0.5) is 5.69 Å². The molecule has 7 nitrogen and oxygen atoms in total. The number of ether oxygens (including phenoxy) is 1. The van der Waals surface area contributed by atoms with E-state index in [2.05, 4.69) is 20.9 Å². The van der Waals surface area contributed by atoms with E-state index >= 15 is 0 Å². The van der Waals surface area contributed by atoms with Crippen molar-refractivity contribution in [2.75, 3.05) is 18.5 Å². The third kappa shape index (κ3) is 6.70. The second-order valence-corrected chi connectivity index (χ2v) is 7.38. The van der Waals surface area contributed by atoms with Crippen LogP contribution in [0.15, 0.2) is 53.5 Å². The average Bonchev–Trinajstić information content (AvgIpc) is 3.24. The quantitative estimate of drug-likeness (QED) is 0.506. The molecular formula is C23H28N4O3. The van der Waals surface area contributed by atoms with E-state index < -0.39 is 0 Å². The summed E-state index contributed by atoms with van der Waals surface area (Å²) in [5, 5.41) is 8.81. The monoisotopic (exact) mass is 408 g/mol. The Hall–Kier alpha value is -3.19. The molecule has 2 aromatic rings. The molecule has 0 bridgehead atoms. The van der Waals surface area contributed by atoms with E-state index in [1.54, 1.807) is 12.1 Å². The first kappa shape index (κ1) is 21.5. The van der Waals surface area contributed by atoms with E-state index in [1.165, 1.54) is 6.92 Å². The van der Waals surface area contributed by atoms with Crippen LogP contribution < -0.4 is 16.0 Å². The molecule has 3 N–H and O–H groups in total. The fraction of sp³-hybridized carbons (Fsp3) is 0.348. The van der Waals surface area contributed by atoms with Gasteiger partial charge < -0.3 is 15.4 Å². The molecular weight excluding hydrogens is 380 g/mol. The SMILES string of the molecule is CC(=O)NCc1ccc(C(=O)NC(=NCC2CCCO2)Nc2cccc(C)c2)cc1. The van der Waals surface area contributed by atoms with Crippen LogP contribution in [0.3, 0.4) is 0 Å². The van der Waals surface area contributed by atoms with Crippen LogP contribution >= 0.6 is 0 Å². The third-order valence-corrected chi connectivity index (χ3v) is 4.75. The first-order chi connectivity index (χ1) is 14.5. The van der Waals surface area contributed by atoms with Crippen molar-refractivity contribution in [2.24, 2.45) is 4.99 Å². The first-order valence-corrected chi connectivity index (χ1v) is 10.1. The van der Waals surface area contributed by atoms with E-state index in [0.29, 0.717) is 24.6 Å². The Bertz CT molecular complexity index is 903. The Morgan fingerprint density at radius 1 is 1.17 bits per heavy atom. The van der Waals surface area contributed by atoms with Crippen LogP contribution in [-0.4, -0.2) is 37.0 Å². The molecule has 0 aliphatic carbocycles. The van der Waals surface area contributed by atoms with Gasteiger partial charge in [-0.2, -0.15) is 0 Å². The third-order valence-electron chi connectivity index (χ3n) is 4.75. The molecule has 2 amide bonds. The molecule has 1 atom stereocenters. The highest BCUT2D eigenvalue weighted by atomic mass is 16.5. The molecule has 158 valence electrons. The number of nitrogens with one attached hydrogen (secondary N) is 3. The molecule has 2 aromatic carbocycles. The summed E-state index contributed by atoms with van der Waals surface area (Å²) in [6, 6.07) is 15.0. The average molecular weight is 409 g/mol. The van der Waals surface area contributed by atoms with Gasteiger partial charge in [-0.1, -0.05) is 24.3 Å². The molecule has 0 aromatic heterocycles. The van der Waals surface area contributed by atoms with Crippen molar-refractivity contribution in [2.45, 2.75) is 39.3 Å². The molecule has 30 heavy (non-hydrogen) atoms. The number of anilines is 1. The predicted molar refractivity (Wildman–Crippen MR) is 118 cm³/mol. The highest BCUT2D eigenvalue weighted by Gasteiger charge is 2.16. The zero-order valence-corrected chi connectivity index (χ0v) is 17.4. The number of carbonyl (C=O) groups is 2. The van der Waals surface area contributed by atoms with Crippen molar-refractivity contribution in [3.05, 3.63) is 65.2 Å². The predicted octanol–water partition coefficient (Wildman–Crippen LogP) is 3.01. The summed E-state index contributed by atoms with van der Waals surface area (Å²) < 4.78 is 5.64. The summed E-state index contributed by atoms with van der Waals surface area (Å²) >= 11 is 0. The van der Waals surface area contributed by atoms with E-state index in [0.717, 1.165) is 36.3 Å². The maximum Gasteiger partial charge on any atom is 0.257 e. The topological polar surface area (TPSA) is 91.8 Å². The number of carbonyl (C=O) groups excluding carboxylic acids is 2. The lowest BCUT2D eigenvalue weighted by atomic mass is 10.1. The van der Waals surface area contributed by atoms with Gasteiger partial charge in [0.2, 0.25) is 11.9 Å². The van der Waals surface area contributed by atoms with Gasteiger partial charge in [0.1, 0.15) is 0 Å². The van der Waals surface area contributed by atoms with E-state index in [9.17, 15) is 9.59 Å². The van der Waals surface area contributed by atoms with E-state index in [4.69, 9.17) is 4.74 Å². The van der Waals surface area contributed by atoms with Crippen molar-refractivity contribution >= 4 is 23.5 Å². The Balaban J connectivity index is 1.68. The van der Waals surface area contributed by atoms with E-state index in [1.807, 2.05) is 43.3 Å². The minimum atomic E-state index is -0.257. The molecule has 7 heteroatoms. The van der Waals surface area contributed by atoms with Crippen molar-refractivity contribution in [1.82, 2.24) is 10.6 Å². The first-order valence-electron chi connectivity index (χ1n) is 10.1. The van der Waals surface area contributed by atoms with Gasteiger partial charge in [0.05, 0.1) is 12.6 Å². The molecule has 1 aliphatic rings. The molecule has 1 fully saturated rings. The van der Waals surface area contributed by atoms with Gasteiger partial charge in [-0.25, -0.2) is 4.99 Å². The zero-order chi connectivity index (χ0) is 21.3. The fourth-order valence-corrected chi connectivity index (χ4v) is 3.13. The van der Waals surface area contributed by atoms with Crippen molar-refractivity contribution in [3.8, 4) is 0 Å². The normalized spacial score (nSPS) is 16.2. The number of nitrogens with zero attached hydrogens (tertiary/aromatic N) is 1. The number of benzene rings is 2. The lowest BCUT2D eigenvalue weighted by Gasteiger charge is -2.14. The van der Waals surface area contributed by atoms with Gasteiger partial charge in [-0.3, -0.25) is 14.9 Å². The smallest absolute Gasteiger partial charge is 0.257 e. The van der Waals surface area contributed by atoms with Crippen LogP contribution in [-0.2, 0) is 16.1 Å². The van der Waals surface area contributed by atoms with E-state index in [-0.39, 0.29) is 17.9 Å². The number of rotatable bonds is 6. The molecule has 1 saturated heterocycles. The molecule has 0 radical (unpaired) electrons. The lowest BCUT2D eigenvalue weighted by molar-refractivity contribution is -0.119. The van der Waals surface area contributed by atoms with Crippen LogP contribution in [0.2, 0.25) is 0 Å². The standard InChI is InChI=1S/C23H28N4O3/c1-16-5-3-6-20(13-16)26-23(25-15-21-7-4-12-30-21)27-22(29)19-10-8-18(9-11-19)14-24-17(2)28/h3,5-6,8-11,13,21H,4,7,12,14-15H2,1-2H3,(H,24,28)(H2,25,26,27,29). The van der Waals surface area contributed by atoms with Crippen LogP contribution in [0, 0.1) is 6.92 Å². The minimum Gasteiger partial charge on any atom is -0.376 e. The summed E-state index contributed by atoms with van der Waals surface area (Å²) in [6.45, 7) is 5.17. The zero-order valence-electron chi connectivity index (χ0n) is 17.4. The van der Waals surface area contributed by atoms with Gasteiger partial charge in [0.15, 0.2) is 0 Å². The van der Waals surface area contributed by atoms with Crippen molar-refractivity contribution in [1.29, 1.82) is 0 Å². The molecule has 1 unspecified atom stereocenters. The second-order valence-electron chi connectivity index (χ2n) is 7.38. The van der Waals surface area contributed by atoms with Crippen molar-refractivity contribution in [3.63, 3.8) is 0 Å². The Morgan fingerprint density at radius 2 is 1.97 bits per heavy atom. The largest absolute Gasteiger partial charge is 0.376 e. The van der Waals surface area contributed by atoms with Gasteiger partial charge in [0.25, 0.3) is 5.91 Å². The molecule has 0 spiro atoms. The summed E-state index contributed by atoms with van der Waals surface area (Å²) in [7, 11) is 0. The lowest BCUT2D eigenvalue weighted by Crippen LogP contribution is -2.36. The fourth-order valence-electron chi connectivity index (χ4n) is 3.13. The summed E-state index contributed by atoms with van der Waals surface area (Å²) in [5.74, 6) is 0.0434. The van der Waals surface area contributed by atoms with Gasteiger partial charge in [-0.15, -0.1) is 0 Å². The molecule has 1 heterocycles. The van der Waals surface area contributed by atoms with Crippen LogP contribution in [0.25, 0.3) is 0 Å². The van der Waals surface area contributed by atoms with Crippen LogP contribution in [0.5, 0.6) is 0 Å². The number of aryl methyl sites for hydroxylation is 1. The highest BCUT2D eigenvalue weighted by molar-refractivity contribution is 6.10. The molecule has 3 rings (SSSR count). The maximum atomic E-state index is 12.8. The van der Waals surface area contributed by atoms with Gasteiger partial charge in [-0.05, 0) is 55.2 Å². The number of hydrogen-bond donors (Lipinski definition) is 3. The number of hydrogen-bond acceptors (Lipinski definition) is 4. The van der Waals surface area contributed by atoms with Crippen LogP contribution in [0.1, 0.15) is 41.3 Å². The Kier molecular flexibility index (Phi) is 7.57. The van der Waals surface area contributed by atoms with Crippen molar-refractivity contribution < 1.29 is 14.3 Å².